The van der Waals surface area contributed by atoms with Crippen LogP contribution in [0.25, 0.3) is 0 Å². The molecule has 2 atom stereocenters. The number of thiocarbonyl (C=S) groups is 1. The second-order valence-electron chi connectivity index (χ2n) is 4.79. The zero-order chi connectivity index (χ0) is 13.8. The van der Waals surface area contributed by atoms with Crippen molar-refractivity contribution in [2.45, 2.75) is 26.1 Å². The van der Waals surface area contributed by atoms with Crippen LogP contribution in [0.4, 0.5) is 0 Å². The van der Waals surface area contributed by atoms with Gasteiger partial charge in [0.2, 0.25) is 0 Å². The van der Waals surface area contributed by atoms with Crippen LogP contribution in [0.15, 0.2) is 30.3 Å². The van der Waals surface area contributed by atoms with E-state index >= 15 is 0 Å². The van der Waals surface area contributed by atoms with Crippen LogP contribution in [0.1, 0.15) is 24.2 Å². The Balaban J connectivity index is 1.96. The zero-order valence-corrected chi connectivity index (χ0v) is 11.9. The molecule has 1 fully saturated rings. The van der Waals surface area contributed by atoms with Gasteiger partial charge in [-0.2, -0.15) is 0 Å². The van der Waals surface area contributed by atoms with Gasteiger partial charge in [-0.25, -0.2) is 0 Å². The van der Waals surface area contributed by atoms with E-state index in [1.165, 1.54) is 0 Å². The van der Waals surface area contributed by atoms with Crippen molar-refractivity contribution in [1.29, 1.82) is 0 Å². The lowest BCUT2D eigenvalue weighted by Gasteiger charge is -2.36. The lowest BCUT2D eigenvalue weighted by Crippen LogP contribution is -2.52. The van der Waals surface area contributed by atoms with Gasteiger partial charge in [-0.3, -0.25) is 10.1 Å². The molecule has 1 aliphatic rings. The molecule has 0 radical (unpaired) electrons. The molecule has 1 aliphatic heterocycles. The van der Waals surface area contributed by atoms with Gasteiger partial charge < -0.3 is 9.64 Å². The molecule has 0 saturated carbocycles. The standard InChI is InChI=1S/C14H18N2O2S/c1-10-8-16(9-11(2)18-10)14(19)15-13(17)12-6-4-3-5-7-12/h3-7,10-11H,8-9H2,1-2H3,(H,15,17,19)/t10-,11+. The van der Waals surface area contributed by atoms with Gasteiger partial charge in [0.05, 0.1) is 12.2 Å². The predicted molar refractivity (Wildman–Crippen MR) is 78.1 cm³/mol. The third kappa shape index (κ3) is 3.75. The number of rotatable bonds is 1. The summed E-state index contributed by atoms with van der Waals surface area (Å²) in [5.74, 6) is -0.169. The maximum Gasteiger partial charge on any atom is 0.257 e. The van der Waals surface area contributed by atoms with Crippen LogP contribution in [0.2, 0.25) is 0 Å². The van der Waals surface area contributed by atoms with Crippen molar-refractivity contribution in [3.63, 3.8) is 0 Å². The van der Waals surface area contributed by atoms with Gasteiger partial charge in [0, 0.05) is 18.7 Å². The Bertz CT molecular complexity index is 454. The van der Waals surface area contributed by atoms with E-state index in [2.05, 4.69) is 5.32 Å². The Morgan fingerprint density at radius 1 is 1.26 bits per heavy atom. The lowest BCUT2D eigenvalue weighted by molar-refractivity contribution is -0.0481. The number of carbonyl (C=O) groups excluding carboxylic acids is 1. The van der Waals surface area contributed by atoms with Crippen LogP contribution >= 0.6 is 12.2 Å². The van der Waals surface area contributed by atoms with E-state index in [0.29, 0.717) is 23.8 Å². The first kappa shape index (κ1) is 14.0. The third-order valence-electron chi connectivity index (χ3n) is 2.96. The fourth-order valence-corrected chi connectivity index (χ4v) is 2.42. The van der Waals surface area contributed by atoms with Gasteiger partial charge in [-0.05, 0) is 38.2 Å². The quantitative estimate of drug-likeness (QED) is 0.796. The topological polar surface area (TPSA) is 41.6 Å². The van der Waals surface area contributed by atoms with Gasteiger partial charge in [0.1, 0.15) is 0 Å². The van der Waals surface area contributed by atoms with E-state index in [-0.39, 0.29) is 18.1 Å². The summed E-state index contributed by atoms with van der Waals surface area (Å²) in [5, 5.41) is 3.24. The van der Waals surface area contributed by atoms with Gasteiger partial charge >= 0.3 is 0 Å². The number of benzene rings is 1. The van der Waals surface area contributed by atoms with Crippen LogP contribution in [0.5, 0.6) is 0 Å². The van der Waals surface area contributed by atoms with E-state index in [9.17, 15) is 4.79 Å². The molecule has 2 rings (SSSR count). The van der Waals surface area contributed by atoms with Crippen molar-refractivity contribution >= 4 is 23.2 Å². The monoisotopic (exact) mass is 278 g/mol. The average Bonchev–Trinajstić information content (AvgIpc) is 2.38. The highest BCUT2D eigenvalue weighted by atomic mass is 32.1. The first-order valence-electron chi connectivity index (χ1n) is 6.37. The largest absolute Gasteiger partial charge is 0.372 e. The van der Waals surface area contributed by atoms with E-state index < -0.39 is 0 Å². The van der Waals surface area contributed by atoms with Crippen LogP contribution in [-0.2, 0) is 4.74 Å². The van der Waals surface area contributed by atoms with Crippen molar-refractivity contribution in [2.24, 2.45) is 0 Å². The molecule has 102 valence electrons. The number of hydrogen-bond donors (Lipinski definition) is 1. The van der Waals surface area contributed by atoms with E-state index in [1.807, 2.05) is 36.9 Å². The third-order valence-corrected chi connectivity index (χ3v) is 3.32. The lowest BCUT2D eigenvalue weighted by atomic mass is 10.2. The molecule has 0 bridgehead atoms. The molecule has 0 aromatic heterocycles. The fourth-order valence-electron chi connectivity index (χ4n) is 2.18. The molecule has 0 unspecified atom stereocenters. The highest BCUT2D eigenvalue weighted by molar-refractivity contribution is 7.80. The van der Waals surface area contributed by atoms with Gasteiger partial charge in [0.15, 0.2) is 5.11 Å². The summed E-state index contributed by atoms with van der Waals surface area (Å²) in [4.78, 5) is 14.0. The molecule has 1 aromatic rings. The minimum atomic E-state index is -0.169. The van der Waals surface area contributed by atoms with Crippen molar-refractivity contribution in [3.05, 3.63) is 35.9 Å². The minimum Gasteiger partial charge on any atom is -0.372 e. The summed E-state index contributed by atoms with van der Waals surface area (Å²) < 4.78 is 5.64. The maximum atomic E-state index is 12.0. The number of hydrogen-bond acceptors (Lipinski definition) is 3. The molecule has 5 heteroatoms. The number of amides is 1. The van der Waals surface area contributed by atoms with Crippen molar-refractivity contribution in [3.8, 4) is 0 Å². The van der Waals surface area contributed by atoms with Crippen molar-refractivity contribution in [2.75, 3.05) is 13.1 Å². The van der Waals surface area contributed by atoms with Gasteiger partial charge in [-0.15, -0.1) is 0 Å². The highest BCUT2D eigenvalue weighted by Crippen LogP contribution is 2.11. The van der Waals surface area contributed by atoms with E-state index in [4.69, 9.17) is 17.0 Å². The molecule has 4 nitrogen and oxygen atoms in total. The Morgan fingerprint density at radius 2 is 1.84 bits per heavy atom. The maximum absolute atomic E-state index is 12.0. The van der Waals surface area contributed by atoms with E-state index in [0.717, 1.165) is 0 Å². The number of nitrogens with one attached hydrogen (secondary N) is 1. The Labute approximate surface area is 118 Å². The summed E-state index contributed by atoms with van der Waals surface area (Å²) in [6.45, 7) is 5.42. The first-order valence-corrected chi connectivity index (χ1v) is 6.78. The number of nitrogens with zero attached hydrogens (tertiary/aromatic N) is 1. The normalized spacial score (nSPS) is 22.9. The zero-order valence-electron chi connectivity index (χ0n) is 11.1. The fraction of sp³-hybridized carbons (Fsp3) is 0.429. The molecule has 1 saturated heterocycles. The summed E-state index contributed by atoms with van der Waals surface area (Å²) >= 11 is 5.29. The van der Waals surface area contributed by atoms with Crippen molar-refractivity contribution in [1.82, 2.24) is 10.2 Å². The summed E-state index contributed by atoms with van der Waals surface area (Å²) in [6.07, 6.45) is 0.241. The van der Waals surface area contributed by atoms with Crippen molar-refractivity contribution < 1.29 is 9.53 Å². The van der Waals surface area contributed by atoms with Crippen LogP contribution < -0.4 is 5.32 Å². The highest BCUT2D eigenvalue weighted by Gasteiger charge is 2.24. The molecule has 1 aromatic carbocycles. The summed E-state index contributed by atoms with van der Waals surface area (Å²) in [5.41, 5.74) is 0.610. The van der Waals surface area contributed by atoms with Gasteiger partial charge in [-0.1, -0.05) is 18.2 Å². The molecular weight excluding hydrogens is 260 g/mol. The van der Waals surface area contributed by atoms with Gasteiger partial charge in [0.25, 0.3) is 5.91 Å². The summed E-state index contributed by atoms with van der Waals surface area (Å²) in [7, 11) is 0. The Morgan fingerprint density at radius 3 is 2.42 bits per heavy atom. The predicted octanol–water partition coefficient (Wildman–Crippen LogP) is 1.81. The second kappa shape index (κ2) is 6.12. The molecule has 0 spiro atoms. The molecule has 0 aliphatic carbocycles. The molecule has 1 heterocycles. The SMILES string of the molecule is C[C@@H]1CN(C(=S)NC(=O)c2ccccc2)C[C@H](C)O1. The molecule has 1 amide bonds. The van der Waals surface area contributed by atoms with E-state index in [1.54, 1.807) is 12.1 Å². The Kier molecular flexibility index (Phi) is 4.50. The molecule has 19 heavy (non-hydrogen) atoms. The number of carbonyl (C=O) groups is 1. The smallest absolute Gasteiger partial charge is 0.257 e. The molecular formula is C14H18N2O2S. The van der Waals surface area contributed by atoms with Crippen LogP contribution in [0.3, 0.4) is 0 Å². The number of ether oxygens (including phenoxy) is 1. The van der Waals surface area contributed by atoms with Crippen LogP contribution in [-0.4, -0.2) is 41.2 Å². The molecule has 1 N–H and O–H groups in total. The Hall–Kier alpha value is -1.46. The minimum absolute atomic E-state index is 0.121. The van der Waals surface area contributed by atoms with Crippen LogP contribution in [0, 0.1) is 0 Å². The number of morpholine rings is 1. The first-order chi connectivity index (χ1) is 9.06. The average molecular weight is 278 g/mol. The summed E-state index contributed by atoms with van der Waals surface area (Å²) in [6, 6.07) is 9.07. The second-order valence-corrected chi connectivity index (χ2v) is 5.17.